The highest BCUT2D eigenvalue weighted by atomic mass is 32.2. The molecule has 1 atom stereocenters. The first-order chi connectivity index (χ1) is 14.0. The standard InChI is InChI=1S/C21H20N2O5S/c24-21(22-13-17-9-6-12-27-17)20-14-23(18-10-4-5-11-19(18)28-20)29(25,26)15-16-7-2-1-3-8-16/h1-12,20H,13-15H2,(H,22,24)/t20-/m0/s1. The van der Waals surface area contributed by atoms with E-state index < -0.39 is 22.0 Å². The van der Waals surface area contributed by atoms with Crippen molar-refractivity contribution < 1.29 is 22.4 Å². The van der Waals surface area contributed by atoms with Crippen molar-refractivity contribution in [3.63, 3.8) is 0 Å². The van der Waals surface area contributed by atoms with Crippen LogP contribution in [0.1, 0.15) is 11.3 Å². The molecular weight excluding hydrogens is 392 g/mol. The number of sulfonamides is 1. The minimum Gasteiger partial charge on any atom is -0.476 e. The number of ether oxygens (including phenoxy) is 1. The van der Waals surface area contributed by atoms with Crippen LogP contribution >= 0.6 is 0 Å². The van der Waals surface area contributed by atoms with Crippen molar-refractivity contribution in [2.24, 2.45) is 0 Å². The van der Waals surface area contributed by atoms with Crippen molar-refractivity contribution in [3.8, 4) is 5.75 Å². The summed E-state index contributed by atoms with van der Waals surface area (Å²) in [4.78, 5) is 12.6. The van der Waals surface area contributed by atoms with E-state index in [0.29, 0.717) is 22.8 Å². The maximum absolute atomic E-state index is 13.2. The smallest absolute Gasteiger partial charge is 0.263 e. The monoisotopic (exact) mass is 412 g/mol. The largest absolute Gasteiger partial charge is 0.476 e. The third-order valence-electron chi connectivity index (χ3n) is 4.57. The molecule has 1 aromatic heterocycles. The molecule has 1 aliphatic heterocycles. The van der Waals surface area contributed by atoms with Crippen LogP contribution in [0.25, 0.3) is 0 Å². The number of carbonyl (C=O) groups excluding carboxylic acids is 1. The summed E-state index contributed by atoms with van der Waals surface area (Å²) in [6.45, 7) is 0.0975. The van der Waals surface area contributed by atoms with Crippen molar-refractivity contribution in [3.05, 3.63) is 84.3 Å². The first kappa shape index (κ1) is 19.1. The third kappa shape index (κ3) is 4.27. The molecule has 4 rings (SSSR count). The molecule has 2 aromatic carbocycles. The first-order valence-electron chi connectivity index (χ1n) is 9.13. The van der Waals surface area contributed by atoms with E-state index in [2.05, 4.69) is 5.32 Å². The van der Waals surface area contributed by atoms with Gasteiger partial charge >= 0.3 is 0 Å². The number of benzene rings is 2. The van der Waals surface area contributed by atoms with Crippen molar-refractivity contribution in [2.75, 3.05) is 10.8 Å². The summed E-state index contributed by atoms with van der Waals surface area (Å²) >= 11 is 0. The third-order valence-corrected chi connectivity index (χ3v) is 6.29. The molecule has 7 nitrogen and oxygen atoms in total. The molecule has 0 saturated carbocycles. The summed E-state index contributed by atoms with van der Waals surface area (Å²) in [7, 11) is -3.72. The molecule has 0 spiro atoms. The molecule has 29 heavy (non-hydrogen) atoms. The van der Waals surface area contributed by atoms with Crippen LogP contribution in [0.2, 0.25) is 0 Å². The van der Waals surface area contributed by atoms with Gasteiger partial charge in [0.1, 0.15) is 11.5 Å². The maximum atomic E-state index is 13.2. The second-order valence-corrected chi connectivity index (χ2v) is 8.54. The van der Waals surface area contributed by atoms with Gasteiger partial charge in [-0.2, -0.15) is 0 Å². The summed E-state index contributed by atoms with van der Waals surface area (Å²) in [5, 5.41) is 2.73. The molecule has 1 N–H and O–H groups in total. The van der Waals surface area contributed by atoms with Crippen molar-refractivity contribution in [1.82, 2.24) is 5.32 Å². The van der Waals surface area contributed by atoms with Gasteiger partial charge in [0.15, 0.2) is 6.10 Å². The average Bonchev–Trinajstić information content (AvgIpc) is 3.25. The molecule has 150 valence electrons. The SMILES string of the molecule is O=C(NCc1ccco1)[C@@H]1CN(S(=O)(=O)Cc2ccccc2)c2ccccc2O1. The van der Waals surface area contributed by atoms with Crippen LogP contribution in [0.5, 0.6) is 5.75 Å². The highest BCUT2D eigenvalue weighted by Gasteiger charge is 2.36. The van der Waals surface area contributed by atoms with Crippen LogP contribution in [0.4, 0.5) is 5.69 Å². The number of para-hydroxylation sites is 2. The van der Waals surface area contributed by atoms with Gasteiger partial charge in [0.2, 0.25) is 10.0 Å². The molecule has 0 unspecified atom stereocenters. The van der Waals surface area contributed by atoms with E-state index in [1.165, 1.54) is 10.6 Å². The number of rotatable bonds is 6. The fourth-order valence-electron chi connectivity index (χ4n) is 3.17. The van der Waals surface area contributed by atoms with Crippen LogP contribution < -0.4 is 14.4 Å². The zero-order chi connectivity index (χ0) is 20.3. The molecular formula is C21H20N2O5S. The van der Waals surface area contributed by atoms with Crippen molar-refractivity contribution >= 4 is 21.6 Å². The Morgan fingerprint density at radius 1 is 1.03 bits per heavy atom. The molecule has 0 saturated heterocycles. The van der Waals surface area contributed by atoms with E-state index in [9.17, 15) is 13.2 Å². The van der Waals surface area contributed by atoms with Gasteiger partial charge in [-0.05, 0) is 29.8 Å². The van der Waals surface area contributed by atoms with Crippen LogP contribution in [-0.4, -0.2) is 27.0 Å². The van der Waals surface area contributed by atoms with Gasteiger partial charge in [0.25, 0.3) is 5.91 Å². The molecule has 3 aromatic rings. The van der Waals surface area contributed by atoms with E-state index in [-0.39, 0.29) is 18.8 Å². The quantitative estimate of drug-likeness (QED) is 0.672. The zero-order valence-corrected chi connectivity index (χ0v) is 16.3. The number of hydrogen-bond donors (Lipinski definition) is 1. The molecule has 1 amide bonds. The normalized spacial score (nSPS) is 16.0. The van der Waals surface area contributed by atoms with Gasteiger partial charge in [0, 0.05) is 0 Å². The number of nitrogens with zero attached hydrogens (tertiary/aromatic N) is 1. The summed E-state index contributed by atoms with van der Waals surface area (Å²) in [6, 6.07) is 19.2. The minimum absolute atomic E-state index is 0.101. The molecule has 0 aliphatic carbocycles. The van der Waals surface area contributed by atoms with E-state index in [0.717, 1.165) is 0 Å². The summed E-state index contributed by atoms with van der Waals surface area (Å²) < 4.78 is 38.6. The molecule has 0 radical (unpaired) electrons. The van der Waals surface area contributed by atoms with E-state index >= 15 is 0 Å². The van der Waals surface area contributed by atoms with E-state index in [1.54, 1.807) is 60.7 Å². The lowest BCUT2D eigenvalue weighted by Crippen LogP contribution is -2.50. The summed E-state index contributed by atoms with van der Waals surface area (Å²) in [5.74, 6) is 0.385. The van der Waals surface area contributed by atoms with Crippen LogP contribution in [0.15, 0.2) is 77.4 Å². The molecule has 0 bridgehead atoms. The van der Waals surface area contributed by atoms with E-state index in [4.69, 9.17) is 9.15 Å². The fourth-order valence-corrected chi connectivity index (χ4v) is 4.75. The van der Waals surface area contributed by atoms with Crippen LogP contribution in [0.3, 0.4) is 0 Å². The second kappa shape index (κ2) is 8.00. The highest BCUT2D eigenvalue weighted by molar-refractivity contribution is 7.92. The predicted molar refractivity (Wildman–Crippen MR) is 108 cm³/mol. The number of carbonyl (C=O) groups is 1. The fraction of sp³-hybridized carbons (Fsp3) is 0.190. The molecule has 0 fully saturated rings. The second-order valence-electron chi connectivity index (χ2n) is 6.64. The Morgan fingerprint density at radius 3 is 2.55 bits per heavy atom. The first-order valence-corrected chi connectivity index (χ1v) is 10.7. The van der Waals surface area contributed by atoms with Crippen LogP contribution in [0, 0.1) is 0 Å². The number of fused-ring (bicyclic) bond motifs is 1. The highest BCUT2D eigenvalue weighted by Crippen LogP contribution is 2.35. The Morgan fingerprint density at radius 2 is 1.79 bits per heavy atom. The molecule has 1 aliphatic rings. The van der Waals surface area contributed by atoms with Crippen molar-refractivity contribution in [1.29, 1.82) is 0 Å². The number of nitrogens with one attached hydrogen (secondary N) is 1. The Bertz CT molecular complexity index is 1080. The zero-order valence-electron chi connectivity index (χ0n) is 15.5. The Balaban J connectivity index is 1.56. The van der Waals surface area contributed by atoms with Gasteiger partial charge in [-0.3, -0.25) is 9.10 Å². The number of anilines is 1. The number of furan rings is 1. The summed E-state index contributed by atoms with van der Waals surface area (Å²) in [5.41, 5.74) is 1.11. The van der Waals surface area contributed by atoms with Gasteiger partial charge < -0.3 is 14.5 Å². The lowest BCUT2D eigenvalue weighted by molar-refractivity contribution is -0.128. The van der Waals surface area contributed by atoms with Gasteiger partial charge in [-0.1, -0.05) is 42.5 Å². The Kier molecular flexibility index (Phi) is 5.26. The molecule has 2 heterocycles. The Labute approximate surface area is 169 Å². The lowest BCUT2D eigenvalue weighted by Gasteiger charge is -2.34. The topological polar surface area (TPSA) is 88.9 Å². The Hall–Kier alpha value is -3.26. The maximum Gasteiger partial charge on any atom is 0.263 e. The van der Waals surface area contributed by atoms with E-state index in [1.807, 2.05) is 6.07 Å². The average molecular weight is 412 g/mol. The molecule has 8 heteroatoms. The van der Waals surface area contributed by atoms with Crippen molar-refractivity contribution in [2.45, 2.75) is 18.4 Å². The van der Waals surface area contributed by atoms with Gasteiger partial charge in [0.05, 0.1) is 30.8 Å². The van der Waals surface area contributed by atoms with Gasteiger partial charge in [-0.15, -0.1) is 0 Å². The summed E-state index contributed by atoms with van der Waals surface area (Å²) in [6.07, 6.45) is 0.553. The number of hydrogen-bond acceptors (Lipinski definition) is 5. The minimum atomic E-state index is -3.72. The number of amides is 1. The van der Waals surface area contributed by atoms with Gasteiger partial charge in [-0.25, -0.2) is 8.42 Å². The van der Waals surface area contributed by atoms with Crippen LogP contribution in [-0.2, 0) is 27.1 Å². The lowest BCUT2D eigenvalue weighted by atomic mass is 10.2. The predicted octanol–water partition coefficient (Wildman–Crippen LogP) is 2.69.